The van der Waals surface area contributed by atoms with Gasteiger partial charge in [-0.05, 0) is 68.7 Å². The van der Waals surface area contributed by atoms with Crippen LogP contribution in [0.25, 0.3) is 0 Å². The Morgan fingerprint density at radius 1 is 0.714 bits per heavy atom. The SMILES string of the molecule is CCC(C)CC(C)CCCCCCCCC(=O)N[C@H]1C[C@H](O)[C@H](NCCN)NC(=O)[C@H]2[C@H](O)CCN2C(=O)[C@@H]([C@@H](O)CCN)NC(=O)[C@@H]([C@@H](O)[C@H](O)c2ccc(O)cc2)NC(=O)[C@H]2C[C@H](O)CN2C(=O)[C@@H]([C@H](C)O)NC1=O. The molecule has 3 aliphatic rings. The average molecular weight is 1090 g/mol. The third-order valence-corrected chi connectivity index (χ3v) is 14.9. The number of fused-ring (bicyclic) bond motifs is 2. The maximum Gasteiger partial charge on any atom is 0.248 e. The second-order valence-corrected chi connectivity index (χ2v) is 21.3. The number of nitrogens with one attached hydrogen (secondary N) is 6. The Bertz CT molecular complexity index is 2070. The van der Waals surface area contributed by atoms with Crippen LogP contribution in [0.2, 0.25) is 0 Å². The molecule has 0 bridgehead atoms. The van der Waals surface area contributed by atoms with E-state index in [-0.39, 0.29) is 56.8 Å². The van der Waals surface area contributed by atoms with Crippen molar-refractivity contribution < 1.29 is 74.4 Å². The number of unbranched alkanes of at least 4 members (excludes halogenated alkanes) is 5. The molecule has 0 saturated carbocycles. The van der Waals surface area contributed by atoms with Gasteiger partial charge in [-0.2, -0.15) is 0 Å². The van der Waals surface area contributed by atoms with Gasteiger partial charge in [-0.25, -0.2) is 0 Å². The van der Waals surface area contributed by atoms with Crippen molar-refractivity contribution in [2.45, 2.75) is 203 Å². The van der Waals surface area contributed by atoms with Crippen LogP contribution in [0.5, 0.6) is 5.75 Å². The van der Waals surface area contributed by atoms with Crippen LogP contribution in [-0.2, 0) is 33.6 Å². The quantitative estimate of drug-likeness (QED) is 0.0477. The minimum atomic E-state index is -2.28. The van der Waals surface area contributed by atoms with Gasteiger partial charge in [0.1, 0.15) is 60.4 Å². The first-order valence-corrected chi connectivity index (χ1v) is 27.3. The number of carbonyl (C=O) groups excluding carboxylic acids is 7. The number of phenolic OH excluding ortho intramolecular Hbond substituents is 1. The Labute approximate surface area is 450 Å². The topological polar surface area (TPSA) is 412 Å². The van der Waals surface area contributed by atoms with Crippen LogP contribution in [0.15, 0.2) is 24.3 Å². The first kappa shape index (κ1) is 64.4. The van der Waals surface area contributed by atoms with E-state index >= 15 is 0 Å². The van der Waals surface area contributed by atoms with Crippen LogP contribution in [0.4, 0.5) is 0 Å². The number of rotatable bonds is 23. The molecule has 1 aromatic carbocycles. The van der Waals surface area contributed by atoms with Crippen molar-refractivity contribution in [3.8, 4) is 5.75 Å². The van der Waals surface area contributed by atoms with Gasteiger partial charge in [0.2, 0.25) is 41.4 Å². The molecule has 436 valence electrons. The lowest BCUT2D eigenvalue weighted by atomic mass is 9.91. The van der Waals surface area contributed by atoms with Crippen LogP contribution < -0.4 is 43.4 Å². The summed E-state index contributed by atoms with van der Waals surface area (Å²) in [6.07, 6.45) is -6.95. The van der Waals surface area contributed by atoms with Gasteiger partial charge in [0, 0.05) is 45.4 Å². The van der Waals surface area contributed by atoms with E-state index in [1.807, 2.05) is 0 Å². The summed E-state index contributed by atoms with van der Waals surface area (Å²) in [7, 11) is 0. The molecule has 3 fully saturated rings. The normalized spacial score (nSPS) is 28.6. The minimum absolute atomic E-state index is 0.0257. The fraction of sp³-hybridized carbons (Fsp3) is 0.750. The molecule has 18 N–H and O–H groups in total. The summed E-state index contributed by atoms with van der Waals surface area (Å²) in [4.78, 5) is 102. The van der Waals surface area contributed by atoms with E-state index in [0.717, 1.165) is 55.2 Å². The number of carbonyl (C=O) groups is 7. The molecule has 7 amide bonds. The molecule has 3 saturated heterocycles. The Morgan fingerprint density at radius 2 is 1.34 bits per heavy atom. The van der Waals surface area contributed by atoms with Crippen LogP contribution in [0.3, 0.4) is 0 Å². The number of nitrogens with two attached hydrogens (primary N) is 2. The van der Waals surface area contributed by atoms with Gasteiger partial charge in [-0.3, -0.25) is 38.9 Å². The highest BCUT2D eigenvalue weighted by Gasteiger charge is 2.49. The first-order chi connectivity index (χ1) is 36.5. The molecular weight excluding hydrogens is 1000 g/mol. The fourth-order valence-electron chi connectivity index (χ4n) is 10.2. The molecule has 2 unspecified atom stereocenters. The maximum atomic E-state index is 14.6. The molecular formula is C52H88N10O15. The molecule has 77 heavy (non-hydrogen) atoms. The lowest BCUT2D eigenvalue weighted by molar-refractivity contribution is -0.148. The van der Waals surface area contributed by atoms with Crippen molar-refractivity contribution in [2.24, 2.45) is 23.3 Å². The highest BCUT2D eigenvalue weighted by molar-refractivity contribution is 5.98. The lowest BCUT2D eigenvalue weighted by Crippen LogP contribution is -2.65. The van der Waals surface area contributed by atoms with E-state index in [0.29, 0.717) is 24.7 Å². The van der Waals surface area contributed by atoms with E-state index in [2.05, 4.69) is 52.7 Å². The number of nitrogens with zero attached hydrogens (tertiary/aromatic N) is 2. The van der Waals surface area contributed by atoms with Crippen LogP contribution in [0, 0.1) is 11.8 Å². The van der Waals surface area contributed by atoms with Gasteiger partial charge in [0.05, 0.1) is 30.5 Å². The van der Waals surface area contributed by atoms with Crippen LogP contribution in [-0.4, -0.2) is 204 Å². The van der Waals surface area contributed by atoms with E-state index in [1.54, 1.807) is 0 Å². The zero-order valence-corrected chi connectivity index (χ0v) is 45.0. The van der Waals surface area contributed by atoms with Gasteiger partial charge in [-0.15, -0.1) is 0 Å². The zero-order chi connectivity index (χ0) is 57.1. The molecule has 1 aromatic rings. The van der Waals surface area contributed by atoms with Crippen molar-refractivity contribution in [1.82, 2.24) is 41.7 Å². The number of phenols is 1. The average Bonchev–Trinajstić information content (AvgIpc) is 3.99. The largest absolute Gasteiger partial charge is 0.508 e. The number of aliphatic hydroxyl groups is 7. The summed E-state index contributed by atoms with van der Waals surface area (Å²) in [5.41, 5.74) is 11.5. The van der Waals surface area contributed by atoms with E-state index in [4.69, 9.17) is 11.5 Å². The van der Waals surface area contributed by atoms with E-state index in [9.17, 15) is 74.4 Å². The van der Waals surface area contributed by atoms with Crippen LogP contribution >= 0.6 is 0 Å². The number of hydrogen-bond donors (Lipinski definition) is 16. The summed E-state index contributed by atoms with van der Waals surface area (Å²) < 4.78 is 0. The Kier molecular flexibility index (Phi) is 26.4. The number of benzene rings is 1. The standard InChI is InChI=1S/C52H88N10O15/c1-5-28(2)24-29(3)12-10-8-6-7-9-11-13-39(69)56-34-26-38(68)46(55-22-21-54)60-50(75)43-37(67)19-23-61(43)52(77)41(36(66)18-20-53)58-49(74)42(45(71)44(70)31-14-16-32(64)17-15-31)59-48(73)35-25-33(65)27-62(35)51(76)40(30(4)63)57-47(34)72/h14-17,28-30,33-38,40-46,55,63-68,70-71H,5-13,18-27,53-54H2,1-4H3,(H,56,69)(H,57,72)(H,58,74)(H,59,73)(H,60,75)/t28?,29?,30-,33-,34-,35+,36-,37+,38-,40+,41+,42+,43+,44+,45+,46+/m0/s1. The summed E-state index contributed by atoms with van der Waals surface area (Å²) >= 11 is 0. The van der Waals surface area contributed by atoms with Gasteiger partial charge in [0.15, 0.2) is 0 Å². The molecule has 16 atom stereocenters. The molecule has 4 rings (SSSR count). The minimum Gasteiger partial charge on any atom is -0.508 e. The molecule has 0 aliphatic carbocycles. The third kappa shape index (κ3) is 18.8. The molecule has 0 aromatic heterocycles. The monoisotopic (exact) mass is 1090 g/mol. The van der Waals surface area contributed by atoms with Gasteiger partial charge in [-0.1, -0.05) is 77.8 Å². The predicted molar refractivity (Wildman–Crippen MR) is 280 cm³/mol. The predicted octanol–water partition coefficient (Wildman–Crippen LogP) is -3.31. The first-order valence-electron chi connectivity index (χ1n) is 27.3. The van der Waals surface area contributed by atoms with E-state index < -0.39 is 146 Å². The highest BCUT2D eigenvalue weighted by Crippen LogP contribution is 2.27. The van der Waals surface area contributed by atoms with Gasteiger partial charge >= 0.3 is 0 Å². The van der Waals surface area contributed by atoms with Crippen molar-refractivity contribution in [2.75, 3.05) is 32.7 Å². The fourth-order valence-corrected chi connectivity index (χ4v) is 10.2. The Morgan fingerprint density at radius 3 is 1.97 bits per heavy atom. The van der Waals surface area contributed by atoms with E-state index in [1.165, 1.54) is 30.7 Å². The second-order valence-electron chi connectivity index (χ2n) is 21.3. The number of aliphatic hydroxyl groups excluding tert-OH is 7. The molecule has 25 nitrogen and oxygen atoms in total. The number of hydrogen-bond acceptors (Lipinski definition) is 18. The molecule has 0 spiro atoms. The number of amides is 7. The number of aromatic hydroxyl groups is 1. The van der Waals surface area contributed by atoms with Crippen molar-refractivity contribution in [1.29, 1.82) is 0 Å². The third-order valence-electron chi connectivity index (χ3n) is 14.9. The zero-order valence-electron chi connectivity index (χ0n) is 45.0. The summed E-state index contributed by atoms with van der Waals surface area (Å²) in [6.45, 7) is 6.73. The summed E-state index contributed by atoms with van der Waals surface area (Å²) in [5.74, 6) is -6.43. The summed E-state index contributed by atoms with van der Waals surface area (Å²) in [6, 6.07) is -6.40. The van der Waals surface area contributed by atoms with Crippen molar-refractivity contribution in [3.63, 3.8) is 0 Å². The molecule has 25 heteroatoms. The molecule has 3 aliphatic heterocycles. The van der Waals surface area contributed by atoms with Crippen molar-refractivity contribution in [3.05, 3.63) is 29.8 Å². The smallest absolute Gasteiger partial charge is 0.248 e. The highest BCUT2D eigenvalue weighted by atomic mass is 16.3. The van der Waals surface area contributed by atoms with Gasteiger partial charge in [0.25, 0.3) is 0 Å². The molecule has 0 radical (unpaired) electrons. The Hall–Kier alpha value is -5.09. The summed E-state index contributed by atoms with van der Waals surface area (Å²) in [5, 5.41) is 104. The van der Waals surface area contributed by atoms with Gasteiger partial charge < -0.3 is 88.7 Å². The van der Waals surface area contributed by atoms with Crippen LogP contribution in [0.1, 0.15) is 129 Å². The Balaban J connectivity index is 1.73. The second kappa shape index (κ2) is 31.5. The molecule has 3 heterocycles. The maximum absolute atomic E-state index is 14.6. The van der Waals surface area contributed by atoms with Crippen molar-refractivity contribution >= 4 is 41.4 Å². The lowest BCUT2D eigenvalue weighted by Gasteiger charge is -2.35.